The molecule has 1 heterocycles. The van der Waals surface area contributed by atoms with E-state index < -0.39 is 0 Å². The van der Waals surface area contributed by atoms with Crippen LogP contribution in [0.5, 0.6) is 0 Å². The predicted molar refractivity (Wildman–Crippen MR) is 111 cm³/mol. The van der Waals surface area contributed by atoms with Gasteiger partial charge in [-0.05, 0) is 44.4 Å². The van der Waals surface area contributed by atoms with Gasteiger partial charge in [0.15, 0.2) is 5.82 Å². The first-order valence-corrected chi connectivity index (χ1v) is 10.0. The van der Waals surface area contributed by atoms with Crippen molar-refractivity contribution in [1.82, 2.24) is 20.1 Å². The number of hydrogen-bond acceptors (Lipinski definition) is 3. The summed E-state index contributed by atoms with van der Waals surface area (Å²) in [5.41, 5.74) is 4.16. The maximum absolute atomic E-state index is 12.8. The molecule has 1 saturated carbocycles. The Morgan fingerprint density at radius 3 is 2.46 bits per heavy atom. The predicted octanol–water partition coefficient (Wildman–Crippen LogP) is 4.61. The lowest BCUT2D eigenvalue weighted by Crippen LogP contribution is -2.36. The van der Waals surface area contributed by atoms with E-state index in [-0.39, 0.29) is 17.8 Å². The second-order valence-corrected chi connectivity index (χ2v) is 7.68. The Hall–Kier alpha value is -2.95. The number of nitrogens with zero attached hydrogens (tertiary/aromatic N) is 3. The van der Waals surface area contributed by atoms with Gasteiger partial charge in [-0.3, -0.25) is 4.79 Å². The molecule has 0 saturated heterocycles. The molecule has 5 heteroatoms. The first-order chi connectivity index (χ1) is 13.6. The summed E-state index contributed by atoms with van der Waals surface area (Å²) in [5.74, 6) is 0.716. The number of amides is 1. The van der Waals surface area contributed by atoms with E-state index in [0.717, 1.165) is 29.7 Å². The number of aromatic nitrogens is 3. The van der Waals surface area contributed by atoms with Crippen LogP contribution in [0.15, 0.2) is 48.5 Å². The zero-order valence-corrected chi connectivity index (χ0v) is 16.5. The van der Waals surface area contributed by atoms with Crippen molar-refractivity contribution in [2.75, 3.05) is 0 Å². The number of benzene rings is 2. The molecule has 0 unspecified atom stereocenters. The standard InChI is InChI=1S/C23H26N4O/c1-16-11-13-18(14-12-16)22-25-21(23(28)24-19-8-4-3-5-9-19)26-27(22)20-10-6-7-17(2)15-20/h6-7,10-15,19H,3-5,8-9H2,1-2H3,(H,24,28). The molecule has 28 heavy (non-hydrogen) atoms. The van der Waals surface area contributed by atoms with Crippen LogP contribution in [0.25, 0.3) is 17.1 Å². The van der Waals surface area contributed by atoms with Gasteiger partial charge in [0.05, 0.1) is 5.69 Å². The fraction of sp³-hybridized carbons (Fsp3) is 0.348. The average Bonchev–Trinajstić information content (AvgIpc) is 3.15. The normalized spacial score (nSPS) is 14.8. The SMILES string of the molecule is Cc1ccc(-c2nc(C(=O)NC3CCCCC3)nn2-c2cccc(C)c2)cc1. The van der Waals surface area contributed by atoms with E-state index in [9.17, 15) is 4.79 Å². The van der Waals surface area contributed by atoms with E-state index in [1.807, 2.05) is 49.4 Å². The smallest absolute Gasteiger partial charge is 0.291 e. The molecule has 0 bridgehead atoms. The van der Waals surface area contributed by atoms with Crippen LogP contribution in [-0.4, -0.2) is 26.7 Å². The summed E-state index contributed by atoms with van der Waals surface area (Å²) in [4.78, 5) is 17.4. The number of rotatable bonds is 4. The molecule has 0 aliphatic heterocycles. The van der Waals surface area contributed by atoms with E-state index in [1.54, 1.807) is 4.68 Å². The van der Waals surface area contributed by atoms with Crippen LogP contribution in [0.3, 0.4) is 0 Å². The highest BCUT2D eigenvalue weighted by Gasteiger charge is 2.22. The summed E-state index contributed by atoms with van der Waals surface area (Å²) < 4.78 is 1.77. The molecule has 0 atom stereocenters. The minimum atomic E-state index is -0.188. The van der Waals surface area contributed by atoms with Gasteiger partial charge >= 0.3 is 0 Å². The summed E-state index contributed by atoms with van der Waals surface area (Å²) in [7, 11) is 0. The third-order valence-corrected chi connectivity index (χ3v) is 5.31. The van der Waals surface area contributed by atoms with Crippen LogP contribution in [0, 0.1) is 13.8 Å². The van der Waals surface area contributed by atoms with Crippen molar-refractivity contribution in [3.8, 4) is 17.1 Å². The molecule has 3 aromatic rings. The van der Waals surface area contributed by atoms with Gasteiger partial charge < -0.3 is 5.32 Å². The number of nitrogens with one attached hydrogen (secondary N) is 1. The van der Waals surface area contributed by atoms with Gasteiger partial charge in [0.1, 0.15) is 0 Å². The van der Waals surface area contributed by atoms with Crippen LogP contribution in [0.4, 0.5) is 0 Å². The van der Waals surface area contributed by atoms with E-state index in [0.29, 0.717) is 5.82 Å². The van der Waals surface area contributed by atoms with Gasteiger partial charge in [-0.25, -0.2) is 9.67 Å². The molecule has 1 aromatic heterocycles. The molecule has 1 fully saturated rings. The van der Waals surface area contributed by atoms with Crippen LogP contribution in [0.1, 0.15) is 53.8 Å². The number of carbonyl (C=O) groups is 1. The average molecular weight is 374 g/mol. The zero-order valence-electron chi connectivity index (χ0n) is 16.5. The lowest BCUT2D eigenvalue weighted by Gasteiger charge is -2.21. The van der Waals surface area contributed by atoms with Crippen molar-refractivity contribution in [2.45, 2.75) is 52.0 Å². The monoisotopic (exact) mass is 374 g/mol. The van der Waals surface area contributed by atoms with Crippen molar-refractivity contribution >= 4 is 5.91 Å². The zero-order chi connectivity index (χ0) is 19.5. The van der Waals surface area contributed by atoms with Crippen LogP contribution >= 0.6 is 0 Å². The topological polar surface area (TPSA) is 59.8 Å². The lowest BCUT2D eigenvalue weighted by molar-refractivity contribution is 0.0917. The maximum Gasteiger partial charge on any atom is 0.291 e. The highest BCUT2D eigenvalue weighted by Crippen LogP contribution is 2.23. The van der Waals surface area contributed by atoms with Crippen LogP contribution in [0.2, 0.25) is 0 Å². The third kappa shape index (κ3) is 3.98. The van der Waals surface area contributed by atoms with E-state index in [2.05, 4.69) is 28.4 Å². The fourth-order valence-corrected chi connectivity index (χ4v) is 3.73. The molecule has 1 aliphatic rings. The van der Waals surface area contributed by atoms with E-state index in [1.165, 1.54) is 24.8 Å². The molecule has 5 nitrogen and oxygen atoms in total. The van der Waals surface area contributed by atoms with Crippen LogP contribution < -0.4 is 5.32 Å². The minimum absolute atomic E-state index is 0.188. The number of hydrogen-bond donors (Lipinski definition) is 1. The summed E-state index contributed by atoms with van der Waals surface area (Å²) >= 11 is 0. The molecule has 144 valence electrons. The summed E-state index contributed by atoms with van der Waals surface area (Å²) in [6.07, 6.45) is 5.67. The Balaban J connectivity index is 1.71. The molecular formula is C23H26N4O. The summed E-state index contributed by atoms with van der Waals surface area (Å²) in [6, 6.07) is 16.4. The Bertz CT molecular complexity index is 969. The van der Waals surface area contributed by atoms with Crippen molar-refractivity contribution < 1.29 is 4.79 Å². The number of aryl methyl sites for hydroxylation is 2. The van der Waals surface area contributed by atoms with Gasteiger partial charge in [0.25, 0.3) is 5.91 Å². The maximum atomic E-state index is 12.8. The van der Waals surface area contributed by atoms with Crippen molar-refractivity contribution in [2.24, 2.45) is 0 Å². The third-order valence-electron chi connectivity index (χ3n) is 5.31. The summed E-state index contributed by atoms with van der Waals surface area (Å²) in [6.45, 7) is 4.10. The van der Waals surface area contributed by atoms with Crippen molar-refractivity contribution in [3.63, 3.8) is 0 Å². The Kier molecular flexibility index (Phi) is 5.24. The molecule has 1 aliphatic carbocycles. The first-order valence-electron chi connectivity index (χ1n) is 10.0. The molecule has 4 rings (SSSR count). The minimum Gasteiger partial charge on any atom is -0.347 e. The van der Waals surface area contributed by atoms with Gasteiger partial charge in [-0.1, -0.05) is 61.2 Å². The van der Waals surface area contributed by atoms with Gasteiger partial charge in [0, 0.05) is 11.6 Å². The van der Waals surface area contributed by atoms with Crippen molar-refractivity contribution in [1.29, 1.82) is 0 Å². The summed E-state index contributed by atoms with van der Waals surface area (Å²) in [5, 5.41) is 7.70. The molecule has 0 spiro atoms. The molecule has 2 aromatic carbocycles. The van der Waals surface area contributed by atoms with Gasteiger partial charge in [0.2, 0.25) is 5.82 Å². The van der Waals surface area contributed by atoms with Crippen molar-refractivity contribution in [3.05, 3.63) is 65.5 Å². The molecule has 1 amide bonds. The van der Waals surface area contributed by atoms with E-state index in [4.69, 9.17) is 0 Å². The van der Waals surface area contributed by atoms with Crippen LogP contribution in [-0.2, 0) is 0 Å². The second kappa shape index (κ2) is 7.97. The fourth-order valence-electron chi connectivity index (χ4n) is 3.73. The highest BCUT2D eigenvalue weighted by molar-refractivity contribution is 5.91. The highest BCUT2D eigenvalue weighted by atomic mass is 16.2. The van der Waals surface area contributed by atoms with Gasteiger partial charge in [-0.15, -0.1) is 5.10 Å². The molecule has 0 radical (unpaired) electrons. The Morgan fingerprint density at radius 2 is 1.75 bits per heavy atom. The molecule has 1 N–H and O–H groups in total. The number of carbonyl (C=O) groups excluding carboxylic acids is 1. The first kappa shape index (κ1) is 18.4. The lowest BCUT2D eigenvalue weighted by atomic mass is 9.95. The Morgan fingerprint density at radius 1 is 1.00 bits per heavy atom. The largest absolute Gasteiger partial charge is 0.347 e. The quantitative estimate of drug-likeness (QED) is 0.725. The van der Waals surface area contributed by atoms with E-state index >= 15 is 0 Å². The Labute approximate surface area is 165 Å². The second-order valence-electron chi connectivity index (χ2n) is 7.68. The van der Waals surface area contributed by atoms with Gasteiger partial charge in [-0.2, -0.15) is 0 Å². The molecular weight excluding hydrogens is 348 g/mol.